The molecular weight excluding hydrogens is 475 g/mol. The van der Waals surface area contributed by atoms with Crippen LogP contribution in [0.3, 0.4) is 0 Å². The second-order valence-electron chi connectivity index (χ2n) is 7.25. The highest BCUT2D eigenvalue weighted by molar-refractivity contribution is 14.0. The number of hydrogen-bond donors (Lipinski definition) is 2. The third-order valence-electron chi connectivity index (χ3n) is 5.17. The maximum Gasteiger partial charge on any atom is 0.251 e. The van der Waals surface area contributed by atoms with Gasteiger partial charge in [0.25, 0.3) is 5.91 Å². The molecule has 0 radical (unpaired) electrons. The molecule has 1 amide bonds. The largest absolute Gasteiger partial charge is 0.352 e. The van der Waals surface area contributed by atoms with E-state index in [1.165, 1.54) is 12.0 Å². The van der Waals surface area contributed by atoms with Gasteiger partial charge in [-0.2, -0.15) is 0 Å². The minimum atomic E-state index is -0.0284. The second-order valence-corrected chi connectivity index (χ2v) is 7.25. The van der Waals surface area contributed by atoms with Gasteiger partial charge in [-0.1, -0.05) is 42.5 Å². The van der Waals surface area contributed by atoms with Gasteiger partial charge < -0.3 is 15.5 Å². The number of hydrogen-bond acceptors (Lipinski definition) is 2. The lowest BCUT2D eigenvalue weighted by Crippen LogP contribution is -2.39. The summed E-state index contributed by atoms with van der Waals surface area (Å²) in [5, 5.41) is 6.28. The first-order chi connectivity index (χ1) is 13.7. The molecule has 1 aliphatic rings. The lowest BCUT2D eigenvalue weighted by Gasteiger charge is -2.22. The third kappa shape index (κ3) is 6.73. The van der Waals surface area contributed by atoms with Crippen molar-refractivity contribution in [2.45, 2.75) is 26.3 Å². The summed E-state index contributed by atoms with van der Waals surface area (Å²) in [7, 11) is 1.84. The Labute approximate surface area is 191 Å². The number of carbonyl (C=O) groups is 1. The molecule has 3 rings (SSSR count). The number of likely N-dealkylation sites (tertiary alicyclic amines) is 1. The van der Waals surface area contributed by atoms with E-state index < -0.39 is 0 Å². The molecule has 0 spiro atoms. The molecule has 2 N–H and O–H groups in total. The van der Waals surface area contributed by atoms with Gasteiger partial charge in [0.1, 0.15) is 0 Å². The molecule has 1 unspecified atom stereocenters. The molecule has 0 saturated carbocycles. The van der Waals surface area contributed by atoms with Crippen molar-refractivity contribution in [1.82, 2.24) is 15.5 Å². The Bertz CT molecular complexity index is 792. The molecule has 2 aromatic rings. The van der Waals surface area contributed by atoms with E-state index in [9.17, 15) is 4.79 Å². The molecule has 1 fully saturated rings. The molecule has 0 bridgehead atoms. The molecule has 1 atom stereocenters. The van der Waals surface area contributed by atoms with Gasteiger partial charge in [0, 0.05) is 38.8 Å². The summed E-state index contributed by atoms with van der Waals surface area (Å²) in [4.78, 5) is 18.7. The Morgan fingerprint density at radius 3 is 2.45 bits per heavy atom. The Kier molecular flexibility index (Phi) is 9.44. The monoisotopic (exact) mass is 506 g/mol. The van der Waals surface area contributed by atoms with E-state index >= 15 is 0 Å². The number of halogens is 1. The molecule has 0 aromatic heterocycles. The van der Waals surface area contributed by atoms with Gasteiger partial charge in [-0.25, -0.2) is 0 Å². The fourth-order valence-corrected chi connectivity index (χ4v) is 3.69. The molecule has 1 heterocycles. The average molecular weight is 506 g/mol. The molecule has 0 aliphatic carbocycles. The van der Waals surface area contributed by atoms with Crippen LogP contribution in [0.1, 0.15) is 34.8 Å². The zero-order chi connectivity index (χ0) is 19.8. The highest BCUT2D eigenvalue weighted by atomic mass is 127. The zero-order valence-corrected chi connectivity index (χ0v) is 19.6. The summed E-state index contributed by atoms with van der Waals surface area (Å²) >= 11 is 0. The Hall–Kier alpha value is -2.09. The quantitative estimate of drug-likeness (QED) is 0.357. The molecule has 6 heteroatoms. The van der Waals surface area contributed by atoms with Crippen molar-refractivity contribution in [3.8, 4) is 0 Å². The normalized spacial score (nSPS) is 16.3. The van der Waals surface area contributed by atoms with Gasteiger partial charge in [0.15, 0.2) is 5.96 Å². The van der Waals surface area contributed by atoms with Gasteiger partial charge >= 0.3 is 0 Å². The van der Waals surface area contributed by atoms with E-state index in [0.29, 0.717) is 24.6 Å². The first-order valence-corrected chi connectivity index (χ1v) is 10.1. The molecule has 29 heavy (non-hydrogen) atoms. The predicted octanol–water partition coefficient (Wildman–Crippen LogP) is 3.69. The van der Waals surface area contributed by atoms with Gasteiger partial charge in [0.05, 0.1) is 0 Å². The molecule has 2 aromatic carbocycles. The van der Waals surface area contributed by atoms with E-state index in [2.05, 4.69) is 50.9 Å². The second kappa shape index (κ2) is 11.8. The maximum absolute atomic E-state index is 11.9. The molecule has 156 valence electrons. The van der Waals surface area contributed by atoms with Crippen molar-refractivity contribution in [2.24, 2.45) is 10.9 Å². The van der Waals surface area contributed by atoms with Gasteiger partial charge in [-0.3, -0.25) is 9.79 Å². The SMILES string of the molecule is CCNC(=O)c1ccc(CNC(=NC)N2CCC(Cc3ccccc3)C2)cc1.I. The van der Waals surface area contributed by atoms with Gasteiger partial charge in [-0.15, -0.1) is 24.0 Å². The minimum absolute atomic E-state index is 0. The maximum atomic E-state index is 11.9. The molecular formula is C23H31IN4O. The minimum Gasteiger partial charge on any atom is -0.352 e. The lowest BCUT2D eigenvalue weighted by atomic mass is 9.99. The zero-order valence-electron chi connectivity index (χ0n) is 17.2. The van der Waals surface area contributed by atoms with E-state index in [4.69, 9.17) is 0 Å². The van der Waals surface area contributed by atoms with Crippen LogP contribution in [-0.4, -0.2) is 43.4 Å². The van der Waals surface area contributed by atoms with Crippen LogP contribution in [-0.2, 0) is 13.0 Å². The van der Waals surface area contributed by atoms with E-state index in [0.717, 1.165) is 31.0 Å². The highest BCUT2D eigenvalue weighted by Gasteiger charge is 2.24. The highest BCUT2D eigenvalue weighted by Crippen LogP contribution is 2.21. The van der Waals surface area contributed by atoms with Crippen LogP contribution < -0.4 is 10.6 Å². The van der Waals surface area contributed by atoms with Crippen LogP contribution in [0.15, 0.2) is 59.6 Å². The molecule has 1 aliphatic heterocycles. The molecule has 5 nitrogen and oxygen atoms in total. The van der Waals surface area contributed by atoms with E-state index in [1.54, 1.807) is 0 Å². The fourth-order valence-electron chi connectivity index (χ4n) is 3.69. The number of rotatable bonds is 6. The summed E-state index contributed by atoms with van der Waals surface area (Å²) in [6.45, 7) is 5.32. The van der Waals surface area contributed by atoms with Crippen molar-refractivity contribution in [3.05, 3.63) is 71.3 Å². The topological polar surface area (TPSA) is 56.7 Å². The fraction of sp³-hybridized carbons (Fsp3) is 0.391. The van der Waals surface area contributed by atoms with Crippen LogP contribution in [0.2, 0.25) is 0 Å². The van der Waals surface area contributed by atoms with Gasteiger partial charge in [0.2, 0.25) is 0 Å². The Balaban J connectivity index is 0.00000300. The van der Waals surface area contributed by atoms with Gasteiger partial charge in [-0.05, 0) is 48.9 Å². The van der Waals surface area contributed by atoms with Crippen molar-refractivity contribution < 1.29 is 4.79 Å². The number of carbonyl (C=O) groups excluding carboxylic acids is 1. The number of guanidine groups is 1. The summed E-state index contributed by atoms with van der Waals surface area (Å²) in [5.74, 6) is 1.58. The number of nitrogens with zero attached hydrogens (tertiary/aromatic N) is 2. The summed E-state index contributed by atoms with van der Waals surface area (Å²) in [5.41, 5.74) is 3.23. The number of nitrogens with one attached hydrogen (secondary N) is 2. The van der Waals surface area contributed by atoms with Crippen molar-refractivity contribution >= 4 is 35.8 Å². The predicted molar refractivity (Wildman–Crippen MR) is 130 cm³/mol. The summed E-state index contributed by atoms with van der Waals surface area (Å²) in [6, 6.07) is 18.4. The number of benzene rings is 2. The van der Waals surface area contributed by atoms with E-state index in [1.807, 2.05) is 38.2 Å². The summed E-state index contributed by atoms with van der Waals surface area (Å²) < 4.78 is 0. The standard InChI is InChI=1S/C23H30N4O.HI/c1-3-25-22(28)21-11-9-19(10-12-21)16-26-23(24-2)27-14-13-20(17-27)15-18-7-5-4-6-8-18;/h4-12,20H,3,13-17H2,1-2H3,(H,24,26)(H,25,28);1H. The van der Waals surface area contributed by atoms with Crippen molar-refractivity contribution in [2.75, 3.05) is 26.7 Å². The van der Waals surface area contributed by atoms with E-state index in [-0.39, 0.29) is 29.9 Å². The average Bonchev–Trinajstić information content (AvgIpc) is 3.18. The van der Waals surface area contributed by atoms with Crippen LogP contribution in [0.4, 0.5) is 0 Å². The van der Waals surface area contributed by atoms with Crippen molar-refractivity contribution in [3.63, 3.8) is 0 Å². The number of aliphatic imine (C=N–C) groups is 1. The Morgan fingerprint density at radius 1 is 1.07 bits per heavy atom. The molecule has 1 saturated heterocycles. The van der Waals surface area contributed by atoms with Crippen LogP contribution >= 0.6 is 24.0 Å². The third-order valence-corrected chi connectivity index (χ3v) is 5.17. The van der Waals surface area contributed by atoms with Crippen LogP contribution in [0.5, 0.6) is 0 Å². The van der Waals surface area contributed by atoms with Crippen molar-refractivity contribution in [1.29, 1.82) is 0 Å². The first-order valence-electron chi connectivity index (χ1n) is 10.1. The Morgan fingerprint density at radius 2 is 1.79 bits per heavy atom. The summed E-state index contributed by atoms with van der Waals surface area (Å²) in [6.07, 6.45) is 2.31. The first kappa shape index (κ1) is 23.2. The lowest BCUT2D eigenvalue weighted by molar-refractivity contribution is 0.0956. The smallest absolute Gasteiger partial charge is 0.251 e. The number of amides is 1. The van der Waals surface area contributed by atoms with Crippen LogP contribution in [0, 0.1) is 5.92 Å². The van der Waals surface area contributed by atoms with Crippen LogP contribution in [0.25, 0.3) is 0 Å².